The molecule has 2 N–H and O–H groups in total. The minimum absolute atomic E-state index is 0.405. The zero-order valence-corrected chi connectivity index (χ0v) is 11.3. The molecule has 2 rings (SSSR count). The summed E-state index contributed by atoms with van der Waals surface area (Å²) in [5.41, 5.74) is 1.46. The van der Waals surface area contributed by atoms with Crippen molar-refractivity contribution in [2.45, 2.75) is 13.0 Å². The molecule has 0 spiro atoms. The van der Waals surface area contributed by atoms with Crippen LogP contribution in [0.1, 0.15) is 17.2 Å². The van der Waals surface area contributed by atoms with Gasteiger partial charge in [0.15, 0.2) is 6.10 Å². The number of aromatic nitrogens is 1. The number of carbonyl (C=O) groups is 1. The molecule has 0 radical (unpaired) electrons. The van der Waals surface area contributed by atoms with Gasteiger partial charge in [0, 0.05) is 6.20 Å². The third kappa shape index (κ3) is 3.33. The number of nitrogens with zero attached hydrogens (tertiary/aromatic N) is 1. The molecule has 0 aliphatic heterocycles. The van der Waals surface area contributed by atoms with Gasteiger partial charge in [-0.05, 0) is 36.2 Å². The lowest BCUT2D eigenvalue weighted by Gasteiger charge is -2.12. The van der Waals surface area contributed by atoms with Gasteiger partial charge >= 0.3 is 0 Å². The van der Waals surface area contributed by atoms with Crippen molar-refractivity contribution in [1.29, 1.82) is 0 Å². The fraction of sp³-hybridized carbons (Fsp3) is 0.200. The van der Waals surface area contributed by atoms with E-state index < -0.39 is 12.0 Å². The number of hydrogen-bond acceptors (Lipinski definition) is 4. The smallest absolute Gasteiger partial charge is 0.258 e. The van der Waals surface area contributed by atoms with Crippen LogP contribution in [0.25, 0.3) is 0 Å². The Morgan fingerprint density at radius 1 is 1.35 bits per heavy atom. The van der Waals surface area contributed by atoms with Gasteiger partial charge in [-0.3, -0.25) is 4.79 Å². The molecule has 1 heterocycles. The molecule has 5 nitrogen and oxygen atoms in total. The van der Waals surface area contributed by atoms with Gasteiger partial charge in [-0.15, -0.1) is 0 Å². The Balaban J connectivity index is 2.09. The summed E-state index contributed by atoms with van der Waals surface area (Å²) in [6.07, 6.45) is 0.376. The van der Waals surface area contributed by atoms with Crippen LogP contribution < -0.4 is 10.1 Å². The fourth-order valence-corrected chi connectivity index (χ4v) is 1.70. The van der Waals surface area contributed by atoms with Crippen LogP contribution in [0.5, 0.6) is 5.75 Å². The first-order valence-corrected chi connectivity index (χ1v) is 6.15. The van der Waals surface area contributed by atoms with Crippen LogP contribution >= 0.6 is 0 Å². The van der Waals surface area contributed by atoms with Gasteiger partial charge in [0.05, 0.1) is 7.11 Å². The lowest BCUT2D eigenvalue weighted by Crippen LogP contribution is -2.21. The first-order valence-electron chi connectivity index (χ1n) is 6.15. The molecule has 104 valence electrons. The van der Waals surface area contributed by atoms with Gasteiger partial charge in [0.25, 0.3) is 5.91 Å². The van der Waals surface area contributed by atoms with E-state index in [2.05, 4.69) is 10.3 Å². The molecule has 1 amide bonds. The molecular formula is C15H16N2O3. The highest BCUT2D eigenvalue weighted by Crippen LogP contribution is 2.20. The van der Waals surface area contributed by atoms with Crippen molar-refractivity contribution >= 4 is 11.7 Å². The molecule has 1 atom stereocenters. The van der Waals surface area contributed by atoms with Crippen LogP contribution in [0.2, 0.25) is 0 Å². The molecule has 1 unspecified atom stereocenters. The Morgan fingerprint density at radius 3 is 2.80 bits per heavy atom. The average molecular weight is 272 g/mol. The highest BCUT2D eigenvalue weighted by molar-refractivity contribution is 5.93. The van der Waals surface area contributed by atoms with Crippen molar-refractivity contribution in [2.24, 2.45) is 0 Å². The number of anilines is 1. The molecule has 0 aliphatic carbocycles. The molecule has 20 heavy (non-hydrogen) atoms. The molecule has 0 aliphatic rings. The number of aliphatic hydroxyl groups excluding tert-OH is 1. The Morgan fingerprint density at radius 2 is 2.15 bits per heavy atom. The van der Waals surface area contributed by atoms with Crippen LogP contribution in [0.3, 0.4) is 0 Å². The van der Waals surface area contributed by atoms with Crippen LogP contribution in [-0.4, -0.2) is 23.1 Å². The second-order valence-electron chi connectivity index (χ2n) is 4.39. The zero-order chi connectivity index (χ0) is 14.5. The number of amides is 1. The largest absolute Gasteiger partial charge is 0.497 e. The number of aryl methyl sites for hydroxylation is 1. The van der Waals surface area contributed by atoms with E-state index in [4.69, 9.17) is 4.74 Å². The van der Waals surface area contributed by atoms with Crippen LogP contribution in [0.4, 0.5) is 5.82 Å². The Hall–Kier alpha value is -2.40. The van der Waals surface area contributed by atoms with E-state index in [1.54, 1.807) is 36.5 Å². The summed E-state index contributed by atoms with van der Waals surface area (Å²) in [5, 5.41) is 12.6. The van der Waals surface area contributed by atoms with E-state index in [-0.39, 0.29) is 0 Å². The second kappa shape index (κ2) is 6.16. The van der Waals surface area contributed by atoms with E-state index in [0.29, 0.717) is 17.1 Å². The third-order valence-electron chi connectivity index (χ3n) is 2.82. The first kappa shape index (κ1) is 14.0. The van der Waals surface area contributed by atoms with Gasteiger partial charge in [0.2, 0.25) is 0 Å². The summed E-state index contributed by atoms with van der Waals surface area (Å²) in [5.74, 6) is 0.458. The number of methoxy groups -OCH3 is 1. The average Bonchev–Trinajstić information content (AvgIpc) is 2.48. The maximum Gasteiger partial charge on any atom is 0.258 e. The third-order valence-corrected chi connectivity index (χ3v) is 2.82. The summed E-state index contributed by atoms with van der Waals surface area (Å²) in [4.78, 5) is 16.0. The van der Waals surface area contributed by atoms with Crippen LogP contribution in [-0.2, 0) is 4.79 Å². The zero-order valence-electron chi connectivity index (χ0n) is 11.3. The number of rotatable bonds is 4. The Bertz CT molecular complexity index is 596. The predicted octanol–water partition coefficient (Wildman–Crippen LogP) is 2.07. The molecule has 1 aromatic carbocycles. The molecule has 5 heteroatoms. The number of carbonyl (C=O) groups excluding carboxylic acids is 1. The van der Waals surface area contributed by atoms with Crippen LogP contribution in [0, 0.1) is 6.92 Å². The van der Waals surface area contributed by atoms with Gasteiger partial charge in [-0.1, -0.05) is 18.2 Å². The quantitative estimate of drug-likeness (QED) is 0.893. The molecule has 2 aromatic rings. The Kier molecular flexibility index (Phi) is 4.32. The summed E-state index contributed by atoms with van der Waals surface area (Å²) in [6, 6.07) is 10.3. The normalized spacial score (nSPS) is 11.8. The highest BCUT2D eigenvalue weighted by atomic mass is 16.5. The van der Waals surface area contributed by atoms with Crippen molar-refractivity contribution < 1.29 is 14.6 Å². The van der Waals surface area contributed by atoms with Gasteiger partial charge in [0.1, 0.15) is 11.6 Å². The molecule has 0 saturated heterocycles. The van der Waals surface area contributed by atoms with Crippen molar-refractivity contribution in [3.8, 4) is 5.75 Å². The van der Waals surface area contributed by atoms with E-state index in [9.17, 15) is 9.90 Å². The van der Waals surface area contributed by atoms with Gasteiger partial charge in [-0.2, -0.15) is 0 Å². The van der Waals surface area contributed by atoms with Gasteiger partial charge in [-0.25, -0.2) is 4.98 Å². The number of ether oxygens (including phenoxy) is 1. The molecule has 0 fully saturated rings. The summed E-state index contributed by atoms with van der Waals surface area (Å²) in [7, 11) is 1.53. The second-order valence-corrected chi connectivity index (χ2v) is 4.39. The minimum Gasteiger partial charge on any atom is -0.497 e. The number of benzene rings is 1. The minimum atomic E-state index is -1.27. The summed E-state index contributed by atoms with van der Waals surface area (Å²) >= 11 is 0. The topological polar surface area (TPSA) is 71.5 Å². The van der Waals surface area contributed by atoms with Crippen molar-refractivity contribution in [2.75, 3.05) is 12.4 Å². The standard InChI is InChI=1S/C15H16N2O3/c1-10-6-7-13(16-9-10)17-15(19)14(18)11-4-3-5-12(8-11)20-2/h3-9,14,18H,1-2H3,(H,16,17,19). The number of aliphatic hydroxyl groups is 1. The first-order chi connectivity index (χ1) is 9.60. The fourth-order valence-electron chi connectivity index (χ4n) is 1.70. The van der Waals surface area contributed by atoms with Crippen molar-refractivity contribution in [3.05, 3.63) is 53.7 Å². The lowest BCUT2D eigenvalue weighted by atomic mass is 10.1. The van der Waals surface area contributed by atoms with Gasteiger partial charge < -0.3 is 15.2 Å². The summed E-state index contributed by atoms with van der Waals surface area (Å²) in [6.45, 7) is 1.91. The number of hydrogen-bond donors (Lipinski definition) is 2. The van der Waals surface area contributed by atoms with Crippen molar-refractivity contribution in [1.82, 2.24) is 4.98 Å². The monoisotopic (exact) mass is 272 g/mol. The lowest BCUT2D eigenvalue weighted by molar-refractivity contribution is -0.124. The van der Waals surface area contributed by atoms with Crippen molar-refractivity contribution in [3.63, 3.8) is 0 Å². The van der Waals surface area contributed by atoms with E-state index in [1.807, 2.05) is 13.0 Å². The Labute approximate surface area is 117 Å². The molecule has 0 bridgehead atoms. The maximum atomic E-state index is 12.0. The molecule has 1 aromatic heterocycles. The molecular weight excluding hydrogens is 256 g/mol. The number of pyridine rings is 1. The van der Waals surface area contributed by atoms with E-state index in [0.717, 1.165) is 5.56 Å². The number of nitrogens with one attached hydrogen (secondary N) is 1. The van der Waals surface area contributed by atoms with Crippen LogP contribution in [0.15, 0.2) is 42.6 Å². The SMILES string of the molecule is COc1cccc(C(O)C(=O)Nc2ccc(C)cn2)c1. The maximum absolute atomic E-state index is 12.0. The highest BCUT2D eigenvalue weighted by Gasteiger charge is 2.18. The van der Waals surface area contributed by atoms with E-state index in [1.165, 1.54) is 7.11 Å². The van der Waals surface area contributed by atoms with E-state index >= 15 is 0 Å². The predicted molar refractivity (Wildman–Crippen MR) is 75.6 cm³/mol. The molecule has 0 saturated carbocycles. The summed E-state index contributed by atoms with van der Waals surface area (Å²) < 4.78 is 5.06.